The van der Waals surface area contributed by atoms with Gasteiger partial charge in [-0.2, -0.15) is 0 Å². The molecule has 1 aromatic rings. The van der Waals surface area contributed by atoms with Crippen molar-refractivity contribution in [2.75, 3.05) is 13.1 Å². The Labute approximate surface area is 131 Å². The van der Waals surface area contributed by atoms with Crippen LogP contribution in [0.3, 0.4) is 0 Å². The van der Waals surface area contributed by atoms with Crippen molar-refractivity contribution in [2.24, 2.45) is 5.73 Å². The highest BCUT2D eigenvalue weighted by atomic mass is 15.2. The minimum atomic E-state index is 0.139. The number of benzene rings is 1. The fourth-order valence-corrected chi connectivity index (χ4v) is 3.52. The number of hydrogen-bond donors (Lipinski definition) is 1. The lowest BCUT2D eigenvalue weighted by Crippen LogP contribution is -2.53. The van der Waals surface area contributed by atoms with Crippen LogP contribution in [-0.2, 0) is 6.54 Å². The molecule has 0 fully saturated rings. The Hall–Kier alpha value is -0.860. The first-order chi connectivity index (χ1) is 9.93. The van der Waals surface area contributed by atoms with Gasteiger partial charge >= 0.3 is 0 Å². The van der Waals surface area contributed by atoms with Crippen molar-refractivity contribution >= 4 is 0 Å². The van der Waals surface area contributed by atoms with Crippen LogP contribution < -0.4 is 5.73 Å². The second kappa shape index (κ2) is 7.95. The Kier molecular flexibility index (Phi) is 6.89. The molecule has 2 nitrogen and oxygen atoms in total. The lowest BCUT2D eigenvalue weighted by molar-refractivity contribution is 0.0762. The maximum Gasteiger partial charge on any atom is 0.0330 e. The van der Waals surface area contributed by atoms with Crippen LogP contribution in [0.2, 0.25) is 0 Å². The van der Waals surface area contributed by atoms with Gasteiger partial charge in [0.05, 0.1) is 0 Å². The molecule has 0 saturated carbocycles. The van der Waals surface area contributed by atoms with Gasteiger partial charge in [-0.05, 0) is 63.3 Å². The van der Waals surface area contributed by atoms with Crippen LogP contribution in [0.15, 0.2) is 12.1 Å². The standard InChI is InChI=1S/C19H34N2/c1-7-10-21(19(8-2,9-3)14-20)13-18-16(5)11-15(4)12-17(18)6/h11-12H,7-10,13-14,20H2,1-6H3. The van der Waals surface area contributed by atoms with Gasteiger partial charge in [-0.3, -0.25) is 4.90 Å². The Balaban J connectivity index is 3.14. The predicted octanol–water partition coefficient (Wildman–Crippen LogP) is 4.34. The molecule has 21 heavy (non-hydrogen) atoms. The Bertz CT molecular complexity index is 416. The first-order valence-electron chi connectivity index (χ1n) is 8.45. The zero-order valence-electron chi connectivity index (χ0n) is 14.9. The molecule has 1 aromatic carbocycles. The highest BCUT2D eigenvalue weighted by Crippen LogP contribution is 2.28. The summed E-state index contributed by atoms with van der Waals surface area (Å²) >= 11 is 0. The first kappa shape index (κ1) is 18.2. The SMILES string of the molecule is CCCN(Cc1c(C)cc(C)cc1C)C(CC)(CC)CN. The van der Waals surface area contributed by atoms with E-state index in [4.69, 9.17) is 5.73 Å². The molecule has 0 saturated heterocycles. The second-order valence-electron chi connectivity index (χ2n) is 6.43. The third-order valence-corrected chi connectivity index (χ3v) is 5.05. The number of hydrogen-bond acceptors (Lipinski definition) is 2. The summed E-state index contributed by atoms with van der Waals surface area (Å²) in [6.07, 6.45) is 3.40. The van der Waals surface area contributed by atoms with Crippen molar-refractivity contribution in [3.05, 3.63) is 34.4 Å². The molecule has 0 radical (unpaired) electrons. The molecule has 120 valence electrons. The van der Waals surface area contributed by atoms with Gasteiger partial charge < -0.3 is 5.73 Å². The fourth-order valence-electron chi connectivity index (χ4n) is 3.52. The maximum atomic E-state index is 6.17. The molecule has 0 spiro atoms. The predicted molar refractivity (Wildman–Crippen MR) is 93.7 cm³/mol. The number of nitrogens with zero attached hydrogens (tertiary/aromatic N) is 1. The van der Waals surface area contributed by atoms with Crippen LogP contribution in [0.1, 0.15) is 62.3 Å². The van der Waals surface area contributed by atoms with Gasteiger partial charge in [0, 0.05) is 18.6 Å². The molecule has 0 atom stereocenters. The van der Waals surface area contributed by atoms with E-state index >= 15 is 0 Å². The molecule has 0 bridgehead atoms. The molecule has 0 aromatic heterocycles. The van der Waals surface area contributed by atoms with Crippen LogP contribution >= 0.6 is 0 Å². The molecule has 0 aliphatic heterocycles. The molecular weight excluding hydrogens is 256 g/mol. The average molecular weight is 290 g/mol. The van der Waals surface area contributed by atoms with Crippen molar-refractivity contribution in [2.45, 2.75) is 72.9 Å². The van der Waals surface area contributed by atoms with E-state index in [1.54, 1.807) is 0 Å². The molecule has 0 aliphatic rings. The first-order valence-corrected chi connectivity index (χ1v) is 8.45. The van der Waals surface area contributed by atoms with E-state index in [0.717, 1.165) is 32.5 Å². The summed E-state index contributed by atoms with van der Waals surface area (Å²) in [7, 11) is 0. The van der Waals surface area contributed by atoms with Crippen molar-refractivity contribution in [1.82, 2.24) is 4.90 Å². The monoisotopic (exact) mass is 290 g/mol. The highest BCUT2D eigenvalue weighted by molar-refractivity contribution is 5.37. The second-order valence-corrected chi connectivity index (χ2v) is 6.43. The van der Waals surface area contributed by atoms with Crippen LogP contribution in [0.4, 0.5) is 0 Å². The molecule has 2 heteroatoms. The molecule has 1 rings (SSSR count). The Morgan fingerprint density at radius 1 is 1.00 bits per heavy atom. The summed E-state index contributed by atoms with van der Waals surface area (Å²) in [4.78, 5) is 2.62. The van der Waals surface area contributed by atoms with Crippen LogP contribution in [0.5, 0.6) is 0 Å². The molecule has 0 unspecified atom stereocenters. The molecule has 0 heterocycles. The van der Waals surface area contributed by atoms with E-state index in [1.807, 2.05) is 0 Å². The normalized spacial score (nSPS) is 12.2. The number of rotatable bonds is 8. The zero-order chi connectivity index (χ0) is 16.0. The van der Waals surface area contributed by atoms with Crippen LogP contribution in [-0.4, -0.2) is 23.5 Å². The topological polar surface area (TPSA) is 29.3 Å². The van der Waals surface area contributed by atoms with E-state index in [9.17, 15) is 0 Å². The van der Waals surface area contributed by atoms with Crippen LogP contribution in [0.25, 0.3) is 0 Å². The molecule has 0 amide bonds. The van der Waals surface area contributed by atoms with Crippen molar-refractivity contribution in [3.63, 3.8) is 0 Å². The molecule has 2 N–H and O–H groups in total. The van der Waals surface area contributed by atoms with E-state index < -0.39 is 0 Å². The van der Waals surface area contributed by atoms with Gasteiger partial charge in [-0.1, -0.05) is 38.5 Å². The third-order valence-electron chi connectivity index (χ3n) is 5.05. The Morgan fingerprint density at radius 2 is 1.52 bits per heavy atom. The van der Waals surface area contributed by atoms with Gasteiger partial charge in [0.1, 0.15) is 0 Å². The van der Waals surface area contributed by atoms with Gasteiger partial charge in [0.15, 0.2) is 0 Å². The van der Waals surface area contributed by atoms with E-state index in [-0.39, 0.29) is 5.54 Å². The quantitative estimate of drug-likeness (QED) is 0.771. The summed E-state index contributed by atoms with van der Waals surface area (Å²) in [6, 6.07) is 4.60. The highest BCUT2D eigenvalue weighted by Gasteiger charge is 2.31. The lowest BCUT2D eigenvalue weighted by Gasteiger charge is -2.43. The number of aryl methyl sites for hydroxylation is 3. The van der Waals surface area contributed by atoms with E-state index in [2.05, 4.69) is 58.6 Å². The Morgan fingerprint density at radius 3 is 1.90 bits per heavy atom. The number of nitrogens with two attached hydrogens (primary N) is 1. The smallest absolute Gasteiger partial charge is 0.0330 e. The lowest BCUT2D eigenvalue weighted by atomic mass is 9.88. The fraction of sp³-hybridized carbons (Fsp3) is 0.684. The summed E-state index contributed by atoms with van der Waals surface area (Å²) < 4.78 is 0. The minimum Gasteiger partial charge on any atom is -0.329 e. The summed E-state index contributed by atoms with van der Waals surface area (Å²) in [5.74, 6) is 0. The van der Waals surface area contributed by atoms with Gasteiger partial charge in [-0.15, -0.1) is 0 Å². The maximum absolute atomic E-state index is 6.17. The molecule has 0 aliphatic carbocycles. The van der Waals surface area contributed by atoms with Gasteiger partial charge in [0.25, 0.3) is 0 Å². The largest absolute Gasteiger partial charge is 0.329 e. The molecular formula is C19H34N2. The summed E-state index contributed by atoms with van der Waals surface area (Å²) in [5, 5.41) is 0. The van der Waals surface area contributed by atoms with Crippen molar-refractivity contribution in [1.29, 1.82) is 0 Å². The third kappa shape index (κ3) is 4.08. The van der Waals surface area contributed by atoms with Crippen LogP contribution in [0, 0.1) is 20.8 Å². The van der Waals surface area contributed by atoms with Crippen molar-refractivity contribution < 1.29 is 0 Å². The minimum absolute atomic E-state index is 0.139. The van der Waals surface area contributed by atoms with E-state index in [0.29, 0.717) is 0 Å². The average Bonchev–Trinajstić information content (AvgIpc) is 2.45. The van der Waals surface area contributed by atoms with Gasteiger partial charge in [-0.25, -0.2) is 0 Å². The van der Waals surface area contributed by atoms with Gasteiger partial charge in [0.2, 0.25) is 0 Å². The van der Waals surface area contributed by atoms with E-state index in [1.165, 1.54) is 28.7 Å². The summed E-state index contributed by atoms with van der Waals surface area (Å²) in [6.45, 7) is 16.3. The summed E-state index contributed by atoms with van der Waals surface area (Å²) in [5.41, 5.74) is 12.0. The van der Waals surface area contributed by atoms with Crippen molar-refractivity contribution in [3.8, 4) is 0 Å². The zero-order valence-corrected chi connectivity index (χ0v) is 14.9.